The molecule has 2 aromatic rings. The molecule has 96 valence electrons. The molecule has 2 N–H and O–H groups in total. The second kappa shape index (κ2) is 5.77. The van der Waals surface area contributed by atoms with Gasteiger partial charge in [0.1, 0.15) is 11.8 Å². The molecule has 0 amide bonds. The number of hydrogen-bond donors (Lipinski definition) is 2. The number of aliphatic hydroxyl groups excluding tert-OH is 1. The van der Waals surface area contributed by atoms with Gasteiger partial charge in [-0.05, 0) is 37.3 Å². The van der Waals surface area contributed by atoms with Crippen molar-refractivity contribution in [1.29, 1.82) is 0 Å². The first-order valence-corrected chi connectivity index (χ1v) is 5.73. The molecule has 0 aliphatic carbocycles. The van der Waals surface area contributed by atoms with Crippen molar-refractivity contribution in [2.75, 3.05) is 5.32 Å². The van der Waals surface area contributed by atoms with Gasteiger partial charge in [0, 0.05) is 11.9 Å². The lowest BCUT2D eigenvalue weighted by Gasteiger charge is -2.07. The fourth-order valence-corrected chi connectivity index (χ4v) is 1.49. The van der Waals surface area contributed by atoms with Gasteiger partial charge in [-0.2, -0.15) is 0 Å². The van der Waals surface area contributed by atoms with Crippen LogP contribution in [-0.4, -0.2) is 20.1 Å². The number of anilines is 1. The average Bonchev–Trinajstić information content (AvgIpc) is 2.43. The number of pyridine rings is 1. The molecule has 5 heteroatoms. The van der Waals surface area contributed by atoms with E-state index in [1.54, 1.807) is 31.3 Å². The van der Waals surface area contributed by atoms with Crippen LogP contribution in [0.2, 0.25) is 0 Å². The minimum atomic E-state index is 0.215. The van der Waals surface area contributed by atoms with Crippen molar-refractivity contribution in [3.8, 4) is 0 Å². The maximum atomic E-state index is 9.15. The zero-order valence-corrected chi connectivity index (χ0v) is 10.5. The molecule has 0 radical (unpaired) electrons. The Balaban J connectivity index is 2.37. The summed E-state index contributed by atoms with van der Waals surface area (Å²) in [7, 11) is 0. The summed E-state index contributed by atoms with van der Waals surface area (Å²) in [6.45, 7) is 5.31. The third-order valence-electron chi connectivity index (χ3n) is 2.38. The minimum Gasteiger partial charge on any atom is -0.513 e. The maximum absolute atomic E-state index is 9.15. The molecule has 0 saturated heterocycles. The lowest BCUT2D eigenvalue weighted by molar-refractivity contribution is 0.414. The first-order valence-electron chi connectivity index (χ1n) is 5.73. The molecule has 0 aromatic carbocycles. The minimum absolute atomic E-state index is 0.215. The molecule has 5 nitrogen and oxygen atoms in total. The number of rotatable bonds is 4. The summed E-state index contributed by atoms with van der Waals surface area (Å²) in [5.74, 6) is 0.813. The van der Waals surface area contributed by atoms with Gasteiger partial charge in [0.25, 0.3) is 0 Å². The Morgan fingerprint density at radius 2 is 2.16 bits per heavy atom. The van der Waals surface area contributed by atoms with Gasteiger partial charge in [0.2, 0.25) is 0 Å². The zero-order valence-electron chi connectivity index (χ0n) is 10.5. The molecule has 0 aliphatic rings. The molecule has 0 fully saturated rings. The van der Waals surface area contributed by atoms with Crippen LogP contribution in [0.5, 0.6) is 0 Å². The number of nitrogens with one attached hydrogen (secondary N) is 1. The van der Waals surface area contributed by atoms with E-state index in [-0.39, 0.29) is 5.76 Å². The average molecular weight is 254 g/mol. The van der Waals surface area contributed by atoms with E-state index in [0.717, 1.165) is 5.52 Å². The predicted octanol–water partition coefficient (Wildman–Crippen LogP) is 2.97. The third-order valence-corrected chi connectivity index (χ3v) is 2.38. The van der Waals surface area contributed by atoms with E-state index in [1.807, 2.05) is 12.1 Å². The number of aliphatic hydroxyl groups is 1. The number of fused-ring (bicyclic) bond motifs is 1. The molecular formula is C14H14N4O. The molecule has 0 saturated carbocycles. The molecule has 19 heavy (non-hydrogen) atoms. The standard InChI is InChI=1S/C14H14N4O/c1-3-11(7-6-10(2)19)18-14-13-12(16-9-17-14)5-4-8-15-13/h3-9,19H,1H2,2H3,(H,16,17,18)/b10-6+,11-7+. The second-order valence-electron chi connectivity index (χ2n) is 3.85. The van der Waals surface area contributed by atoms with Crippen molar-refractivity contribution in [3.63, 3.8) is 0 Å². The molecule has 0 aliphatic heterocycles. The van der Waals surface area contributed by atoms with Crippen LogP contribution in [0.1, 0.15) is 6.92 Å². The Morgan fingerprint density at radius 3 is 2.89 bits per heavy atom. The van der Waals surface area contributed by atoms with Crippen LogP contribution in [0.25, 0.3) is 11.0 Å². The zero-order chi connectivity index (χ0) is 13.7. The second-order valence-corrected chi connectivity index (χ2v) is 3.85. The Kier molecular flexibility index (Phi) is 3.87. The van der Waals surface area contributed by atoms with Gasteiger partial charge in [0.15, 0.2) is 5.82 Å². The fraction of sp³-hybridized carbons (Fsp3) is 0.0714. The van der Waals surface area contributed by atoms with Crippen LogP contribution in [0.4, 0.5) is 5.82 Å². The lowest BCUT2D eigenvalue weighted by atomic mass is 10.3. The van der Waals surface area contributed by atoms with Crippen LogP contribution in [-0.2, 0) is 0 Å². The van der Waals surface area contributed by atoms with Crippen molar-refractivity contribution in [1.82, 2.24) is 15.0 Å². The number of nitrogens with zero attached hydrogens (tertiary/aromatic N) is 3. The Morgan fingerprint density at radius 1 is 1.32 bits per heavy atom. The van der Waals surface area contributed by atoms with Gasteiger partial charge in [-0.3, -0.25) is 4.98 Å². The summed E-state index contributed by atoms with van der Waals surface area (Å²) >= 11 is 0. The van der Waals surface area contributed by atoms with Gasteiger partial charge in [0.05, 0.1) is 11.3 Å². The highest BCUT2D eigenvalue weighted by Crippen LogP contribution is 2.17. The molecule has 2 heterocycles. The normalized spacial score (nSPS) is 12.5. The first-order chi connectivity index (χ1) is 9.20. The van der Waals surface area contributed by atoms with E-state index in [2.05, 4.69) is 26.8 Å². The number of hydrogen-bond acceptors (Lipinski definition) is 5. The highest BCUT2D eigenvalue weighted by molar-refractivity contribution is 5.85. The molecule has 2 rings (SSSR count). The lowest BCUT2D eigenvalue weighted by Crippen LogP contribution is -2.01. The van der Waals surface area contributed by atoms with Crippen molar-refractivity contribution in [2.24, 2.45) is 0 Å². The van der Waals surface area contributed by atoms with Gasteiger partial charge >= 0.3 is 0 Å². The summed E-state index contributed by atoms with van der Waals surface area (Å²) in [6, 6.07) is 3.69. The van der Waals surface area contributed by atoms with Gasteiger partial charge < -0.3 is 10.4 Å². The molecule has 0 spiro atoms. The highest BCUT2D eigenvalue weighted by atomic mass is 16.3. The molecular weight excluding hydrogens is 240 g/mol. The summed E-state index contributed by atoms with van der Waals surface area (Å²) in [5, 5.41) is 12.3. The van der Waals surface area contributed by atoms with Crippen molar-refractivity contribution in [3.05, 3.63) is 60.9 Å². The van der Waals surface area contributed by atoms with E-state index in [9.17, 15) is 0 Å². The summed E-state index contributed by atoms with van der Waals surface area (Å²) < 4.78 is 0. The molecule has 0 bridgehead atoms. The van der Waals surface area contributed by atoms with Crippen LogP contribution >= 0.6 is 0 Å². The largest absolute Gasteiger partial charge is 0.513 e. The molecule has 0 unspecified atom stereocenters. The van der Waals surface area contributed by atoms with E-state index >= 15 is 0 Å². The smallest absolute Gasteiger partial charge is 0.160 e. The number of allylic oxidation sites excluding steroid dienone is 4. The Hall–Kier alpha value is -2.69. The van der Waals surface area contributed by atoms with Crippen LogP contribution in [0.15, 0.2) is 60.9 Å². The molecule has 2 aromatic heterocycles. The van der Waals surface area contributed by atoms with E-state index in [0.29, 0.717) is 17.0 Å². The van der Waals surface area contributed by atoms with E-state index in [1.165, 1.54) is 6.33 Å². The first kappa shape index (κ1) is 12.8. The summed E-state index contributed by atoms with van der Waals surface area (Å²) in [5.41, 5.74) is 2.15. The quantitative estimate of drug-likeness (QED) is 0.648. The van der Waals surface area contributed by atoms with Crippen molar-refractivity contribution in [2.45, 2.75) is 6.92 Å². The van der Waals surface area contributed by atoms with Crippen molar-refractivity contribution < 1.29 is 5.11 Å². The SMILES string of the molecule is C=C/C(=C\C=C(/C)O)Nc1ncnc2cccnc12. The van der Waals surface area contributed by atoms with E-state index in [4.69, 9.17) is 5.11 Å². The third kappa shape index (κ3) is 3.16. The predicted molar refractivity (Wildman–Crippen MR) is 75.6 cm³/mol. The summed E-state index contributed by atoms with van der Waals surface area (Å²) in [6.07, 6.45) is 8.07. The van der Waals surface area contributed by atoms with Crippen molar-refractivity contribution >= 4 is 16.9 Å². The van der Waals surface area contributed by atoms with Crippen LogP contribution < -0.4 is 5.32 Å². The van der Waals surface area contributed by atoms with Crippen LogP contribution in [0, 0.1) is 0 Å². The van der Waals surface area contributed by atoms with Gasteiger partial charge in [-0.1, -0.05) is 6.58 Å². The van der Waals surface area contributed by atoms with Crippen LogP contribution in [0.3, 0.4) is 0 Å². The Bertz CT molecular complexity index is 652. The fourth-order valence-electron chi connectivity index (χ4n) is 1.49. The Labute approximate surface area is 111 Å². The monoisotopic (exact) mass is 254 g/mol. The molecule has 0 atom stereocenters. The summed E-state index contributed by atoms with van der Waals surface area (Å²) in [4.78, 5) is 12.6. The van der Waals surface area contributed by atoms with Gasteiger partial charge in [-0.15, -0.1) is 0 Å². The highest BCUT2D eigenvalue weighted by Gasteiger charge is 2.04. The maximum Gasteiger partial charge on any atom is 0.160 e. The topological polar surface area (TPSA) is 70.9 Å². The van der Waals surface area contributed by atoms with E-state index < -0.39 is 0 Å². The van der Waals surface area contributed by atoms with Gasteiger partial charge in [-0.25, -0.2) is 9.97 Å². The number of aromatic nitrogens is 3.